The Morgan fingerprint density at radius 1 is 1.25 bits per heavy atom. The number of aromatic nitrogens is 3. The van der Waals surface area contributed by atoms with Crippen molar-refractivity contribution in [2.75, 3.05) is 12.8 Å². The summed E-state index contributed by atoms with van der Waals surface area (Å²) in [4.78, 5) is 12.2. The van der Waals surface area contributed by atoms with Gasteiger partial charge >= 0.3 is 0 Å². The van der Waals surface area contributed by atoms with E-state index >= 15 is 0 Å². The van der Waals surface area contributed by atoms with Crippen molar-refractivity contribution in [2.45, 2.75) is 6.92 Å². The molecular weight excluding hydrogens is 204 g/mol. The zero-order valence-corrected chi connectivity index (χ0v) is 9.14. The smallest absolute Gasteiger partial charge is 0.220 e. The van der Waals surface area contributed by atoms with Crippen molar-refractivity contribution >= 4 is 5.95 Å². The molecule has 0 spiro atoms. The van der Waals surface area contributed by atoms with Crippen molar-refractivity contribution < 1.29 is 4.74 Å². The molecule has 0 saturated heterocycles. The summed E-state index contributed by atoms with van der Waals surface area (Å²) in [5.74, 6) is 0.942. The molecule has 0 amide bonds. The zero-order chi connectivity index (χ0) is 11.5. The SMILES string of the molecule is COc1cncc(-c2nc(N)ncc2C)c1. The highest BCUT2D eigenvalue weighted by Gasteiger charge is 2.06. The second-order valence-electron chi connectivity index (χ2n) is 3.37. The molecular formula is C11H12N4O. The van der Waals surface area contributed by atoms with E-state index < -0.39 is 0 Å². The molecule has 0 fully saturated rings. The summed E-state index contributed by atoms with van der Waals surface area (Å²) in [5, 5.41) is 0. The molecule has 0 aliphatic heterocycles. The van der Waals surface area contributed by atoms with Crippen molar-refractivity contribution in [3.05, 3.63) is 30.2 Å². The third kappa shape index (κ3) is 1.93. The van der Waals surface area contributed by atoms with Gasteiger partial charge in [-0.1, -0.05) is 0 Å². The summed E-state index contributed by atoms with van der Waals surface area (Å²) in [6.45, 7) is 1.92. The average molecular weight is 216 g/mol. The average Bonchev–Trinajstić information content (AvgIpc) is 2.32. The molecule has 0 bridgehead atoms. The predicted molar refractivity (Wildman–Crippen MR) is 61.0 cm³/mol. The number of anilines is 1. The number of ether oxygens (including phenoxy) is 1. The first-order chi connectivity index (χ1) is 7.70. The quantitative estimate of drug-likeness (QED) is 0.822. The Hall–Kier alpha value is -2.17. The number of hydrogen-bond donors (Lipinski definition) is 1. The van der Waals surface area contributed by atoms with Crippen LogP contribution in [0.5, 0.6) is 5.75 Å². The first-order valence-electron chi connectivity index (χ1n) is 4.79. The number of hydrogen-bond acceptors (Lipinski definition) is 5. The van der Waals surface area contributed by atoms with Crippen LogP contribution in [0.4, 0.5) is 5.95 Å². The van der Waals surface area contributed by atoms with E-state index in [-0.39, 0.29) is 5.95 Å². The van der Waals surface area contributed by atoms with Crippen molar-refractivity contribution in [1.29, 1.82) is 0 Å². The van der Waals surface area contributed by atoms with Crippen LogP contribution in [0.3, 0.4) is 0 Å². The fourth-order valence-corrected chi connectivity index (χ4v) is 1.41. The topological polar surface area (TPSA) is 73.9 Å². The normalized spacial score (nSPS) is 10.1. The van der Waals surface area contributed by atoms with Crippen LogP contribution in [0, 0.1) is 6.92 Å². The third-order valence-corrected chi connectivity index (χ3v) is 2.21. The Kier molecular flexibility index (Phi) is 2.68. The first kappa shape index (κ1) is 10.4. The van der Waals surface area contributed by atoms with E-state index in [0.717, 1.165) is 16.8 Å². The summed E-state index contributed by atoms with van der Waals surface area (Å²) in [6, 6.07) is 1.86. The lowest BCUT2D eigenvalue weighted by Crippen LogP contribution is -1.98. The van der Waals surface area contributed by atoms with Gasteiger partial charge in [-0.15, -0.1) is 0 Å². The molecule has 2 heterocycles. The minimum atomic E-state index is 0.253. The molecule has 0 radical (unpaired) electrons. The maximum Gasteiger partial charge on any atom is 0.220 e. The highest BCUT2D eigenvalue weighted by molar-refractivity contribution is 5.63. The Morgan fingerprint density at radius 2 is 2.06 bits per heavy atom. The van der Waals surface area contributed by atoms with Crippen LogP contribution in [-0.2, 0) is 0 Å². The molecule has 0 aromatic carbocycles. The molecule has 0 aliphatic rings. The lowest BCUT2D eigenvalue weighted by Gasteiger charge is -2.06. The van der Waals surface area contributed by atoms with E-state index in [4.69, 9.17) is 10.5 Å². The van der Waals surface area contributed by atoms with E-state index in [1.807, 2.05) is 13.0 Å². The van der Waals surface area contributed by atoms with Crippen LogP contribution < -0.4 is 10.5 Å². The molecule has 2 aromatic rings. The summed E-state index contributed by atoms with van der Waals surface area (Å²) in [5.41, 5.74) is 8.15. The molecule has 2 aromatic heterocycles. The molecule has 5 heteroatoms. The summed E-state index contributed by atoms with van der Waals surface area (Å²) in [6.07, 6.45) is 5.05. The number of rotatable bonds is 2. The second kappa shape index (κ2) is 4.14. The van der Waals surface area contributed by atoms with Gasteiger partial charge in [-0.3, -0.25) is 4.98 Å². The maximum absolute atomic E-state index is 5.56. The molecule has 16 heavy (non-hydrogen) atoms. The van der Waals surface area contributed by atoms with Crippen LogP contribution >= 0.6 is 0 Å². The van der Waals surface area contributed by atoms with Gasteiger partial charge in [0.2, 0.25) is 5.95 Å². The van der Waals surface area contributed by atoms with Gasteiger partial charge in [0, 0.05) is 18.0 Å². The standard InChI is InChI=1S/C11H12N4O/c1-7-4-14-11(12)15-10(7)8-3-9(16-2)6-13-5-8/h3-6H,1-2H3,(H2,12,14,15). The molecule has 5 nitrogen and oxygen atoms in total. The monoisotopic (exact) mass is 216 g/mol. The Balaban J connectivity index is 2.53. The van der Waals surface area contributed by atoms with E-state index in [9.17, 15) is 0 Å². The first-order valence-corrected chi connectivity index (χ1v) is 4.79. The molecule has 0 unspecified atom stereocenters. The van der Waals surface area contributed by atoms with Crippen LogP contribution in [0.1, 0.15) is 5.56 Å². The predicted octanol–water partition coefficient (Wildman–Crippen LogP) is 1.44. The van der Waals surface area contributed by atoms with E-state index in [2.05, 4.69) is 15.0 Å². The Labute approximate surface area is 93.3 Å². The van der Waals surface area contributed by atoms with Gasteiger partial charge in [-0.25, -0.2) is 9.97 Å². The van der Waals surface area contributed by atoms with Crippen LogP contribution in [0.2, 0.25) is 0 Å². The van der Waals surface area contributed by atoms with Gasteiger partial charge in [-0.05, 0) is 18.6 Å². The van der Waals surface area contributed by atoms with Gasteiger partial charge in [0.15, 0.2) is 0 Å². The Morgan fingerprint density at radius 3 is 2.81 bits per heavy atom. The summed E-state index contributed by atoms with van der Waals surface area (Å²) in [7, 11) is 1.60. The fraction of sp³-hybridized carbons (Fsp3) is 0.182. The summed E-state index contributed by atoms with van der Waals surface area (Å²) >= 11 is 0. The zero-order valence-electron chi connectivity index (χ0n) is 9.14. The number of nitrogens with two attached hydrogens (primary N) is 1. The number of pyridine rings is 1. The van der Waals surface area contributed by atoms with Crippen molar-refractivity contribution in [3.8, 4) is 17.0 Å². The largest absolute Gasteiger partial charge is 0.495 e. The van der Waals surface area contributed by atoms with E-state index in [1.165, 1.54) is 0 Å². The van der Waals surface area contributed by atoms with E-state index in [1.54, 1.807) is 25.7 Å². The van der Waals surface area contributed by atoms with Crippen molar-refractivity contribution in [3.63, 3.8) is 0 Å². The summed E-state index contributed by atoms with van der Waals surface area (Å²) < 4.78 is 5.11. The van der Waals surface area contributed by atoms with Gasteiger partial charge in [0.1, 0.15) is 5.75 Å². The molecule has 0 aliphatic carbocycles. The van der Waals surface area contributed by atoms with Crippen molar-refractivity contribution in [2.24, 2.45) is 0 Å². The van der Waals surface area contributed by atoms with Crippen molar-refractivity contribution in [1.82, 2.24) is 15.0 Å². The van der Waals surface area contributed by atoms with Gasteiger partial charge < -0.3 is 10.5 Å². The number of nitrogens with zero attached hydrogens (tertiary/aromatic N) is 3. The highest BCUT2D eigenvalue weighted by Crippen LogP contribution is 2.23. The minimum Gasteiger partial charge on any atom is -0.495 e. The lowest BCUT2D eigenvalue weighted by molar-refractivity contribution is 0.413. The second-order valence-corrected chi connectivity index (χ2v) is 3.37. The maximum atomic E-state index is 5.56. The Bertz CT molecular complexity index is 513. The lowest BCUT2D eigenvalue weighted by atomic mass is 10.1. The number of nitrogen functional groups attached to an aromatic ring is 1. The highest BCUT2D eigenvalue weighted by atomic mass is 16.5. The van der Waals surface area contributed by atoms with E-state index in [0.29, 0.717) is 5.75 Å². The number of methoxy groups -OCH3 is 1. The van der Waals surface area contributed by atoms with Gasteiger partial charge in [0.25, 0.3) is 0 Å². The van der Waals surface area contributed by atoms with Crippen LogP contribution in [0.15, 0.2) is 24.7 Å². The van der Waals surface area contributed by atoms with Crippen LogP contribution in [-0.4, -0.2) is 22.1 Å². The third-order valence-electron chi connectivity index (χ3n) is 2.21. The molecule has 0 atom stereocenters. The number of aryl methyl sites for hydroxylation is 1. The fourth-order valence-electron chi connectivity index (χ4n) is 1.41. The molecule has 2 rings (SSSR count). The van der Waals surface area contributed by atoms with Gasteiger partial charge in [-0.2, -0.15) is 0 Å². The molecule has 0 saturated carbocycles. The molecule has 2 N–H and O–H groups in total. The minimum absolute atomic E-state index is 0.253. The molecule has 82 valence electrons. The van der Waals surface area contributed by atoms with Crippen LogP contribution in [0.25, 0.3) is 11.3 Å². The van der Waals surface area contributed by atoms with Gasteiger partial charge in [0.05, 0.1) is 19.0 Å².